The Hall–Kier alpha value is -2.29. The van der Waals surface area contributed by atoms with Gasteiger partial charge >= 0.3 is 0 Å². The Morgan fingerprint density at radius 2 is 1.90 bits per heavy atom. The summed E-state index contributed by atoms with van der Waals surface area (Å²) in [6.45, 7) is 5.19. The lowest BCUT2D eigenvalue weighted by Gasteiger charge is -2.30. The maximum Gasteiger partial charge on any atom is 0.279 e. The van der Waals surface area contributed by atoms with Crippen LogP contribution in [0.4, 0.5) is 0 Å². The van der Waals surface area contributed by atoms with Crippen molar-refractivity contribution in [1.82, 2.24) is 8.87 Å². The molecule has 0 bridgehead atoms. The molecule has 8 heteroatoms. The third kappa shape index (κ3) is 3.99. The molecule has 1 atom stereocenters. The molecule has 2 heterocycles. The molecule has 0 unspecified atom stereocenters. The highest BCUT2D eigenvalue weighted by atomic mass is 32.2. The average molecular weight is 444 g/mol. The summed E-state index contributed by atoms with van der Waals surface area (Å²) < 4.78 is 30.3. The van der Waals surface area contributed by atoms with Crippen molar-refractivity contribution in [2.24, 2.45) is 18.0 Å². The van der Waals surface area contributed by atoms with Gasteiger partial charge in [-0.3, -0.25) is 4.79 Å². The van der Waals surface area contributed by atoms with E-state index in [0.717, 1.165) is 28.6 Å². The van der Waals surface area contributed by atoms with Crippen molar-refractivity contribution < 1.29 is 13.2 Å². The minimum atomic E-state index is -3.54. The van der Waals surface area contributed by atoms with E-state index < -0.39 is 10.0 Å². The standard InChI is InChI=1S/C22H25N3O3S2/c1-15-6-11-19-20(13-15)29-22(24(19)3)23-21(26)17-7-9-18(10-8-17)30(27,28)25-12-4-5-16(2)14-25/h6-11,13,16H,4-5,12,14H2,1-3H3/t16-/m1/s1. The largest absolute Gasteiger partial charge is 0.319 e. The summed E-state index contributed by atoms with van der Waals surface area (Å²) >= 11 is 1.46. The van der Waals surface area contributed by atoms with Crippen LogP contribution in [0.3, 0.4) is 0 Å². The number of nitrogens with zero attached hydrogens (tertiary/aromatic N) is 3. The van der Waals surface area contributed by atoms with Gasteiger partial charge in [-0.1, -0.05) is 24.3 Å². The first-order valence-corrected chi connectivity index (χ1v) is 12.3. The number of carbonyl (C=O) groups excluding carboxylic acids is 1. The van der Waals surface area contributed by atoms with E-state index in [0.29, 0.717) is 29.4 Å². The number of carbonyl (C=O) groups is 1. The highest BCUT2D eigenvalue weighted by Crippen LogP contribution is 2.24. The van der Waals surface area contributed by atoms with Crippen molar-refractivity contribution in [3.63, 3.8) is 0 Å². The zero-order chi connectivity index (χ0) is 21.5. The molecule has 1 amide bonds. The molecule has 1 saturated heterocycles. The van der Waals surface area contributed by atoms with Crippen LogP contribution in [0.15, 0.2) is 52.4 Å². The van der Waals surface area contributed by atoms with E-state index in [4.69, 9.17) is 0 Å². The normalized spacial score (nSPS) is 18.8. The fraction of sp³-hybridized carbons (Fsp3) is 0.364. The van der Waals surface area contributed by atoms with Crippen molar-refractivity contribution >= 4 is 37.5 Å². The number of hydrogen-bond acceptors (Lipinski definition) is 4. The lowest BCUT2D eigenvalue weighted by atomic mass is 10.0. The highest BCUT2D eigenvalue weighted by Gasteiger charge is 2.28. The molecule has 30 heavy (non-hydrogen) atoms. The molecule has 0 N–H and O–H groups in total. The number of fused-ring (bicyclic) bond motifs is 1. The number of rotatable bonds is 3. The van der Waals surface area contributed by atoms with Crippen LogP contribution in [0.1, 0.15) is 35.7 Å². The predicted octanol–water partition coefficient (Wildman–Crippen LogP) is 3.71. The quantitative estimate of drug-likeness (QED) is 0.620. The SMILES string of the molecule is Cc1ccc2c(c1)sc(=NC(=O)c1ccc(S(=O)(=O)N3CCC[C@@H](C)C3)cc1)n2C. The number of sulfonamides is 1. The Bertz CT molecular complexity index is 1270. The van der Waals surface area contributed by atoms with Gasteiger partial charge < -0.3 is 4.57 Å². The Balaban J connectivity index is 1.61. The fourth-order valence-electron chi connectivity index (χ4n) is 3.78. The molecule has 0 spiro atoms. The molecular formula is C22H25N3O3S2. The molecule has 1 aromatic heterocycles. The van der Waals surface area contributed by atoms with E-state index in [1.54, 1.807) is 16.4 Å². The second-order valence-corrected chi connectivity index (χ2v) is 10.9. The van der Waals surface area contributed by atoms with Crippen LogP contribution in [0, 0.1) is 12.8 Å². The van der Waals surface area contributed by atoms with Gasteiger partial charge in [-0.2, -0.15) is 9.30 Å². The smallest absolute Gasteiger partial charge is 0.279 e. The number of thiazole rings is 1. The van der Waals surface area contributed by atoms with Crippen LogP contribution in [-0.2, 0) is 17.1 Å². The van der Waals surface area contributed by atoms with Gasteiger partial charge in [-0.15, -0.1) is 0 Å². The number of aryl methyl sites for hydroxylation is 2. The molecule has 158 valence electrons. The molecule has 4 rings (SSSR count). The third-order valence-electron chi connectivity index (χ3n) is 5.52. The molecule has 1 fully saturated rings. The first kappa shape index (κ1) is 21.0. The topological polar surface area (TPSA) is 71.7 Å². The van der Waals surface area contributed by atoms with Crippen LogP contribution in [0.25, 0.3) is 10.2 Å². The summed E-state index contributed by atoms with van der Waals surface area (Å²) in [5.74, 6) is -0.0246. The molecule has 1 aliphatic rings. The van der Waals surface area contributed by atoms with Crippen LogP contribution < -0.4 is 4.80 Å². The van der Waals surface area contributed by atoms with E-state index in [9.17, 15) is 13.2 Å². The van der Waals surface area contributed by atoms with Crippen LogP contribution in [0.2, 0.25) is 0 Å². The monoisotopic (exact) mass is 443 g/mol. The van der Waals surface area contributed by atoms with Crippen molar-refractivity contribution in [3.05, 3.63) is 58.4 Å². The van der Waals surface area contributed by atoms with Crippen molar-refractivity contribution in [2.45, 2.75) is 31.6 Å². The fourth-order valence-corrected chi connectivity index (χ4v) is 6.50. The van der Waals surface area contributed by atoms with E-state index >= 15 is 0 Å². The first-order valence-electron chi connectivity index (χ1n) is 10.0. The van der Waals surface area contributed by atoms with Gasteiger partial charge in [0.15, 0.2) is 4.80 Å². The molecule has 6 nitrogen and oxygen atoms in total. The van der Waals surface area contributed by atoms with E-state index in [-0.39, 0.29) is 10.8 Å². The van der Waals surface area contributed by atoms with Gasteiger partial charge in [0, 0.05) is 25.7 Å². The zero-order valence-corrected chi connectivity index (χ0v) is 19.0. The first-order chi connectivity index (χ1) is 14.3. The van der Waals surface area contributed by atoms with Gasteiger partial charge in [0.25, 0.3) is 5.91 Å². The number of piperidine rings is 1. The maximum atomic E-state index is 12.9. The Morgan fingerprint density at radius 3 is 2.60 bits per heavy atom. The average Bonchev–Trinajstić information content (AvgIpc) is 3.02. The summed E-state index contributed by atoms with van der Waals surface area (Å²) in [6, 6.07) is 12.2. The maximum absolute atomic E-state index is 12.9. The van der Waals surface area contributed by atoms with Gasteiger partial charge in [-0.05, 0) is 67.6 Å². The van der Waals surface area contributed by atoms with E-state index in [1.807, 2.05) is 30.7 Å². The number of benzene rings is 2. The lowest BCUT2D eigenvalue weighted by Crippen LogP contribution is -2.39. The number of aromatic nitrogens is 1. The molecular weight excluding hydrogens is 418 g/mol. The molecule has 3 aromatic rings. The van der Waals surface area contributed by atoms with Crippen LogP contribution >= 0.6 is 11.3 Å². The van der Waals surface area contributed by atoms with Gasteiger partial charge in [-0.25, -0.2) is 8.42 Å². The summed E-state index contributed by atoms with van der Waals surface area (Å²) in [5.41, 5.74) is 2.55. The number of hydrogen-bond donors (Lipinski definition) is 0. The second-order valence-electron chi connectivity index (χ2n) is 7.97. The minimum absolute atomic E-state index is 0.219. The van der Waals surface area contributed by atoms with Gasteiger partial charge in [0.05, 0.1) is 15.1 Å². The Labute approximate surface area is 180 Å². The highest BCUT2D eigenvalue weighted by molar-refractivity contribution is 7.89. The Morgan fingerprint density at radius 1 is 1.17 bits per heavy atom. The molecule has 2 aromatic carbocycles. The molecule has 1 aliphatic heterocycles. The van der Waals surface area contributed by atoms with Crippen molar-refractivity contribution in [2.75, 3.05) is 13.1 Å². The lowest BCUT2D eigenvalue weighted by molar-refractivity contribution is 0.0998. The van der Waals surface area contributed by atoms with Gasteiger partial charge in [0.2, 0.25) is 10.0 Å². The number of amides is 1. The predicted molar refractivity (Wildman–Crippen MR) is 119 cm³/mol. The van der Waals surface area contributed by atoms with E-state index in [2.05, 4.69) is 18.0 Å². The minimum Gasteiger partial charge on any atom is -0.319 e. The molecule has 0 aliphatic carbocycles. The van der Waals surface area contributed by atoms with Crippen LogP contribution in [0.5, 0.6) is 0 Å². The summed E-state index contributed by atoms with van der Waals surface area (Å²) in [7, 11) is -1.65. The summed E-state index contributed by atoms with van der Waals surface area (Å²) in [5, 5.41) is 0. The third-order valence-corrected chi connectivity index (χ3v) is 8.49. The second kappa shape index (κ2) is 8.09. The summed E-state index contributed by atoms with van der Waals surface area (Å²) in [4.78, 5) is 17.8. The van der Waals surface area contributed by atoms with E-state index in [1.165, 1.54) is 23.5 Å². The van der Waals surface area contributed by atoms with Gasteiger partial charge in [0.1, 0.15) is 0 Å². The molecule has 0 saturated carbocycles. The van der Waals surface area contributed by atoms with Crippen molar-refractivity contribution in [3.8, 4) is 0 Å². The molecule has 0 radical (unpaired) electrons. The summed E-state index contributed by atoms with van der Waals surface area (Å²) in [6.07, 6.45) is 1.93. The van der Waals surface area contributed by atoms with Crippen LogP contribution in [-0.4, -0.2) is 36.3 Å². The Kier molecular flexibility index (Phi) is 5.65. The van der Waals surface area contributed by atoms with Crippen molar-refractivity contribution in [1.29, 1.82) is 0 Å². The zero-order valence-electron chi connectivity index (χ0n) is 17.3.